The third-order valence-electron chi connectivity index (χ3n) is 7.02. The Balaban J connectivity index is 1.40. The summed E-state index contributed by atoms with van der Waals surface area (Å²) in [5, 5.41) is 14.9. The third-order valence-corrected chi connectivity index (χ3v) is 7.02. The van der Waals surface area contributed by atoms with Crippen LogP contribution in [0.3, 0.4) is 0 Å². The number of fused-ring (bicyclic) bond motifs is 3. The Bertz CT molecular complexity index is 1030. The molecule has 180 valence electrons. The summed E-state index contributed by atoms with van der Waals surface area (Å²) in [7, 11) is 0. The van der Waals surface area contributed by atoms with Crippen LogP contribution in [0.4, 0.5) is 4.79 Å². The second-order valence-corrected chi connectivity index (χ2v) is 9.74. The molecule has 0 aliphatic heterocycles. The molecule has 2 aromatic carbocycles. The van der Waals surface area contributed by atoms with Gasteiger partial charge in [0.1, 0.15) is 12.6 Å². The highest BCUT2D eigenvalue weighted by Crippen LogP contribution is 2.44. The van der Waals surface area contributed by atoms with Crippen LogP contribution in [0.15, 0.2) is 48.5 Å². The van der Waals surface area contributed by atoms with Crippen LogP contribution in [-0.2, 0) is 14.3 Å². The molecular weight excluding hydrogens is 432 g/mol. The minimum Gasteiger partial charge on any atom is -0.480 e. The Kier molecular flexibility index (Phi) is 6.91. The number of nitrogens with one attached hydrogen (secondary N) is 2. The van der Waals surface area contributed by atoms with Crippen LogP contribution < -0.4 is 10.6 Å². The number of ether oxygens (including phenoxy) is 1. The quantitative estimate of drug-likeness (QED) is 0.535. The van der Waals surface area contributed by atoms with Crippen molar-refractivity contribution in [3.8, 4) is 11.1 Å². The Morgan fingerprint density at radius 1 is 1.00 bits per heavy atom. The van der Waals surface area contributed by atoms with Crippen LogP contribution in [0.2, 0.25) is 0 Å². The van der Waals surface area contributed by atoms with Gasteiger partial charge in [-0.2, -0.15) is 0 Å². The lowest BCUT2D eigenvalue weighted by Gasteiger charge is -2.30. The van der Waals surface area contributed by atoms with Gasteiger partial charge in [0, 0.05) is 12.3 Å². The molecule has 7 nitrogen and oxygen atoms in total. The molecule has 2 aliphatic carbocycles. The maximum Gasteiger partial charge on any atom is 0.407 e. The number of rotatable bonds is 8. The minimum atomic E-state index is -1.06. The van der Waals surface area contributed by atoms with E-state index in [1.165, 1.54) is 0 Å². The second kappa shape index (κ2) is 9.87. The molecule has 0 bridgehead atoms. The normalized spacial score (nSPS) is 17.0. The van der Waals surface area contributed by atoms with E-state index in [-0.39, 0.29) is 30.8 Å². The van der Waals surface area contributed by atoms with Gasteiger partial charge in [0.25, 0.3) is 0 Å². The average molecular weight is 465 g/mol. The highest BCUT2D eigenvalue weighted by molar-refractivity contribution is 5.85. The molecule has 0 spiro atoms. The molecule has 0 radical (unpaired) electrons. The number of aliphatic carboxylic acids is 1. The zero-order valence-corrected chi connectivity index (χ0v) is 19.7. The molecule has 2 aliphatic rings. The molecule has 1 atom stereocenters. The molecular formula is C27H32N2O5. The summed E-state index contributed by atoms with van der Waals surface area (Å²) in [5.41, 5.74) is 3.88. The number of carbonyl (C=O) groups excluding carboxylic acids is 2. The van der Waals surface area contributed by atoms with Gasteiger partial charge in [-0.15, -0.1) is 0 Å². The van der Waals surface area contributed by atoms with Crippen molar-refractivity contribution < 1.29 is 24.2 Å². The first-order valence-corrected chi connectivity index (χ1v) is 11.9. The smallest absolute Gasteiger partial charge is 0.407 e. The zero-order chi connectivity index (χ0) is 24.3. The first kappa shape index (κ1) is 23.8. The summed E-state index contributed by atoms with van der Waals surface area (Å²) in [6.45, 7) is 3.70. The Morgan fingerprint density at radius 2 is 1.56 bits per heavy atom. The van der Waals surface area contributed by atoms with Gasteiger partial charge in [-0.3, -0.25) is 4.79 Å². The predicted octanol–water partition coefficient (Wildman–Crippen LogP) is 4.45. The van der Waals surface area contributed by atoms with Gasteiger partial charge in [-0.1, -0.05) is 75.2 Å². The summed E-state index contributed by atoms with van der Waals surface area (Å²) < 4.78 is 5.69. The fraction of sp³-hybridized carbons (Fsp3) is 0.444. The molecule has 2 amide bonds. The fourth-order valence-electron chi connectivity index (χ4n) is 5.29. The van der Waals surface area contributed by atoms with Gasteiger partial charge < -0.3 is 20.5 Å². The molecule has 34 heavy (non-hydrogen) atoms. The average Bonchev–Trinajstić information content (AvgIpc) is 3.38. The van der Waals surface area contributed by atoms with E-state index in [4.69, 9.17) is 4.74 Å². The van der Waals surface area contributed by atoms with Crippen LogP contribution in [0.25, 0.3) is 11.1 Å². The summed E-state index contributed by atoms with van der Waals surface area (Å²) >= 11 is 0. The predicted molar refractivity (Wildman–Crippen MR) is 128 cm³/mol. The fourth-order valence-corrected chi connectivity index (χ4v) is 5.29. The molecule has 0 saturated heterocycles. The SMILES string of the molecule is CC(C)[C@@H](NC(=O)CC1(NC(=O)OCC2c3ccccc3-c3ccccc32)CCCC1)C(=O)O. The number of carboxylic acids is 1. The lowest BCUT2D eigenvalue weighted by atomic mass is 9.92. The number of benzene rings is 2. The molecule has 0 aromatic heterocycles. The van der Waals surface area contributed by atoms with Crippen molar-refractivity contribution in [1.29, 1.82) is 0 Å². The van der Waals surface area contributed by atoms with Gasteiger partial charge in [-0.05, 0) is 41.0 Å². The van der Waals surface area contributed by atoms with Gasteiger partial charge in [0.05, 0.1) is 5.54 Å². The van der Waals surface area contributed by atoms with E-state index in [0.29, 0.717) is 12.8 Å². The standard InChI is InChI=1S/C27H32N2O5/c1-17(2)24(25(31)32)28-23(30)15-27(13-7-8-14-27)29-26(33)34-16-22-20-11-5-3-9-18(20)19-10-4-6-12-21(19)22/h3-6,9-12,17,22,24H,7-8,13-16H2,1-2H3,(H,28,30)(H,29,33)(H,31,32)/t24-/m1/s1. The van der Waals surface area contributed by atoms with Crippen LogP contribution in [0.5, 0.6) is 0 Å². The number of amides is 2. The Labute approximate surface area is 199 Å². The van der Waals surface area contributed by atoms with Gasteiger partial charge in [0.15, 0.2) is 0 Å². The highest BCUT2D eigenvalue weighted by atomic mass is 16.5. The second-order valence-electron chi connectivity index (χ2n) is 9.74. The Hall–Kier alpha value is -3.35. The molecule has 4 rings (SSSR count). The van der Waals surface area contributed by atoms with Crippen LogP contribution >= 0.6 is 0 Å². The number of hydrogen-bond acceptors (Lipinski definition) is 4. The first-order chi connectivity index (χ1) is 16.3. The lowest BCUT2D eigenvalue weighted by Crippen LogP contribution is -2.52. The van der Waals surface area contributed by atoms with Crippen molar-refractivity contribution in [3.63, 3.8) is 0 Å². The number of carbonyl (C=O) groups is 3. The number of carboxylic acid groups (broad SMARTS) is 1. The van der Waals surface area contributed by atoms with Gasteiger partial charge >= 0.3 is 12.1 Å². The lowest BCUT2D eigenvalue weighted by molar-refractivity contribution is -0.143. The van der Waals surface area contributed by atoms with E-state index < -0.39 is 23.6 Å². The monoisotopic (exact) mass is 464 g/mol. The number of alkyl carbamates (subject to hydrolysis) is 1. The van der Waals surface area contributed by atoms with Gasteiger partial charge in [-0.25, -0.2) is 9.59 Å². The maximum absolute atomic E-state index is 12.8. The van der Waals surface area contributed by atoms with Gasteiger partial charge in [0.2, 0.25) is 5.91 Å². The summed E-state index contributed by atoms with van der Waals surface area (Å²) in [6, 6.07) is 15.3. The molecule has 1 saturated carbocycles. The van der Waals surface area contributed by atoms with E-state index >= 15 is 0 Å². The third kappa shape index (κ3) is 4.93. The zero-order valence-electron chi connectivity index (χ0n) is 19.7. The molecule has 1 fully saturated rings. The summed E-state index contributed by atoms with van der Waals surface area (Å²) in [4.78, 5) is 37.0. The van der Waals surface area contributed by atoms with Crippen molar-refractivity contribution in [1.82, 2.24) is 10.6 Å². The molecule has 0 heterocycles. The van der Waals surface area contributed by atoms with E-state index in [1.807, 2.05) is 24.3 Å². The van der Waals surface area contributed by atoms with Crippen molar-refractivity contribution in [3.05, 3.63) is 59.7 Å². The van der Waals surface area contributed by atoms with Crippen LogP contribution in [0.1, 0.15) is 63.0 Å². The van der Waals surface area contributed by atoms with Crippen molar-refractivity contribution in [2.45, 2.75) is 63.5 Å². The number of hydrogen-bond donors (Lipinski definition) is 3. The summed E-state index contributed by atoms with van der Waals surface area (Å²) in [6.07, 6.45) is 2.59. The summed E-state index contributed by atoms with van der Waals surface area (Å²) in [5.74, 6) is -1.71. The van der Waals surface area contributed by atoms with Crippen molar-refractivity contribution in [2.75, 3.05) is 6.61 Å². The first-order valence-electron chi connectivity index (χ1n) is 11.9. The maximum atomic E-state index is 12.8. The highest BCUT2D eigenvalue weighted by Gasteiger charge is 2.39. The van der Waals surface area contributed by atoms with E-state index in [1.54, 1.807) is 13.8 Å². The minimum absolute atomic E-state index is 0.0354. The van der Waals surface area contributed by atoms with E-state index in [0.717, 1.165) is 35.1 Å². The Morgan fingerprint density at radius 3 is 2.09 bits per heavy atom. The molecule has 0 unspecified atom stereocenters. The van der Waals surface area contributed by atoms with E-state index in [2.05, 4.69) is 34.9 Å². The van der Waals surface area contributed by atoms with E-state index in [9.17, 15) is 19.5 Å². The van der Waals surface area contributed by atoms with Crippen molar-refractivity contribution in [2.24, 2.45) is 5.92 Å². The van der Waals surface area contributed by atoms with Crippen LogP contribution in [-0.4, -0.2) is 41.3 Å². The van der Waals surface area contributed by atoms with Crippen molar-refractivity contribution >= 4 is 18.0 Å². The molecule has 2 aromatic rings. The molecule has 7 heteroatoms. The molecule has 3 N–H and O–H groups in total. The van der Waals surface area contributed by atoms with Crippen LogP contribution in [0, 0.1) is 5.92 Å². The largest absolute Gasteiger partial charge is 0.480 e. The topological polar surface area (TPSA) is 105 Å².